The summed E-state index contributed by atoms with van der Waals surface area (Å²) in [6.45, 7) is 0.485. The van der Waals surface area contributed by atoms with E-state index in [4.69, 9.17) is 0 Å². The van der Waals surface area contributed by atoms with Gasteiger partial charge in [0, 0.05) is 29.0 Å². The van der Waals surface area contributed by atoms with Gasteiger partial charge in [-0.25, -0.2) is 0 Å². The fraction of sp³-hybridized carbons (Fsp3) is 0.0769. The number of nitrogens with zero attached hydrogens (tertiary/aromatic N) is 1. The Kier molecular flexibility index (Phi) is 3.88. The Bertz CT molecular complexity index is 514. The van der Waals surface area contributed by atoms with E-state index >= 15 is 0 Å². The molecular formula is C13H11BrN2O. The molecule has 3 nitrogen and oxygen atoms in total. The first kappa shape index (κ1) is 11.8. The van der Waals surface area contributed by atoms with Gasteiger partial charge in [0.1, 0.15) is 0 Å². The Morgan fingerprint density at radius 1 is 1.29 bits per heavy atom. The Morgan fingerprint density at radius 3 is 2.88 bits per heavy atom. The molecule has 2 rings (SSSR count). The molecular weight excluding hydrogens is 280 g/mol. The van der Waals surface area contributed by atoms with Gasteiger partial charge in [0.25, 0.3) is 5.91 Å². The zero-order chi connectivity index (χ0) is 12.1. The molecule has 17 heavy (non-hydrogen) atoms. The molecule has 0 saturated carbocycles. The number of hydrogen-bond acceptors (Lipinski definition) is 2. The van der Waals surface area contributed by atoms with Crippen molar-refractivity contribution in [1.29, 1.82) is 0 Å². The van der Waals surface area contributed by atoms with Crippen LogP contribution >= 0.6 is 15.9 Å². The molecule has 2 aromatic rings. The number of amides is 1. The van der Waals surface area contributed by atoms with Crippen LogP contribution in [-0.2, 0) is 6.54 Å². The van der Waals surface area contributed by atoms with Crippen LogP contribution in [0.5, 0.6) is 0 Å². The Labute approximate surface area is 108 Å². The summed E-state index contributed by atoms with van der Waals surface area (Å²) in [6.07, 6.45) is 3.45. The van der Waals surface area contributed by atoms with E-state index < -0.39 is 0 Å². The molecule has 0 aliphatic heterocycles. The van der Waals surface area contributed by atoms with Crippen LogP contribution in [0.25, 0.3) is 0 Å². The monoisotopic (exact) mass is 290 g/mol. The summed E-state index contributed by atoms with van der Waals surface area (Å²) in [5, 5.41) is 2.84. The minimum atomic E-state index is -0.0878. The van der Waals surface area contributed by atoms with Gasteiger partial charge in [-0.15, -0.1) is 0 Å². The van der Waals surface area contributed by atoms with Gasteiger partial charge in [-0.3, -0.25) is 9.78 Å². The van der Waals surface area contributed by atoms with Crippen molar-refractivity contribution in [3.05, 3.63) is 64.4 Å². The third-order valence-corrected chi connectivity index (χ3v) is 2.76. The highest BCUT2D eigenvalue weighted by molar-refractivity contribution is 9.10. The van der Waals surface area contributed by atoms with Crippen molar-refractivity contribution in [3.8, 4) is 0 Å². The Morgan fingerprint density at radius 2 is 2.18 bits per heavy atom. The second kappa shape index (κ2) is 5.59. The number of nitrogens with one attached hydrogen (secondary N) is 1. The highest BCUT2D eigenvalue weighted by atomic mass is 79.9. The van der Waals surface area contributed by atoms with Gasteiger partial charge in [-0.2, -0.15) is 0 Å². The van der Waals surface area contributed by atoms with Crippen LogP contribution in [0.1, 0.15) is 15.9 Å². The zero-order valence-electron chi connectivity index (χ0n) is 9.06. The summed E-state index contributed by atoms with van der Waals surface area (Å²) in [6, 6.07) is 11.1. The average molecular weight is 291 g/mol. The maximum absolute atomic E-state index is 11.8. The first-order chi connectivity index (χ1) is 8.25. The van der Waals surface area contributed by atoms with Gasteiger partial charge >= 0.3 is 0 Å². The molecule has 1 N–H and O–H groups in total. The second-order valence-electron chi connectivity index (χ2n) is 3.55. The molecule has 0 bridgehead atoms. The van der Waals surface area contributed by atoms with E-state index in [1.54, 1.807) is 24.5 Å². The number of aromatic nitrogens is 1. The summed E-state index contributed by atoms with van der Waals surface area (Å²) in [5.41, 5.74) is 1.62. The molecule has 0 radical (unpaired) electrons. The second-order valence-corrected chi connectivity index (χ2v) is 4.47. The maximum atomic E-state index is 11.8. The number of carbonyl (C=O) groups is 1. The minimum absolute atomic E-state index is 0.0878. The highest BCUT2D eigenvalue weighted by Gasteiger charge is 2.04. The van der Waals surface area contributed by atoms with Crippen molar-refractivity contribution in [1.82, 2.24) is 10.3 Å². The minimum Gasteiger partial charge on any atom is -0.348 e. The Balaban J connectivity index is 1.98. The van der Waals surface area contributed by atoms with Crippen molar-refractivity contribution in [3.63, 3.8) is 0 Å². The summed E-state index contributed by atoms with van der Waals surface area (Å²) in [5.74, 6) is -0.0878. The van der Waals surface area contributed by atoms with Crippen LogP contribution in [0.15, 0.2) is 53.3 Å². The fourth-order valence-electron chi connectivity index (χ4n) is 1.42. The van der Waals surface area contributed by atoms with Crippen molar-refractivity contribution < 1.29 is 4.79 Å². The van der Waals surface area contributed by atoms with Crippen LogP contribution in [0, 0.1) is 0 Å². The molecule has 1 heterocycles. The quantitative estimate of drug-likeness (QED) is 0.944. The van der Waals surface area contributed by atoms with Gasteiger partial charge < -0.3 is 5.32 Å². The van der Waals surface area contributed by atoms with Gasteiger partial charge in [0.05, 0.1) is 0 Å². The summed E-state index contributed by atoms with van der Waals surface area (Å²) in [7, 11) is 0. The van der Waals surface area contributed by atoms with Gasteiger partial charge in [-0.1, -0.05) is 28.1 Å². The summed E-state index contributed by atoms with van der Waals surface area (Å²) < 4.78 is 0.895. The average Bonchev–Trinajstić information content (AvgIpc) is 2.37. The van der Waals surface area contributed by atoms with Crippen LogP contribution < -0.4 is 5.32 Å². The third kappa shape index (κ3) is 3.39. The number of hydrogen-bond donors (Lipinski definition) is 1. The number of rotatable bonds is 3. The van der Waals surface area contributed by atoms with Crippen LogP contribution in [-0.4, -0.2) is 10.9 Å². The van der Waals surface area contributed by atoms with Crippen LogP contribution in [0.2, 0.25) is 0 Å². The number of carbonyl (C=O) groups excluding carboxylic acids is 1. The molecule has 1 amide bonds. The predicted molar refractivity (Wildman–Crippen MR) is 69.5 cm³/mol. The molecule has 0 unspecified atom stereocenters. The first-order valence-electron chi connectivity index (χ1n) is 5.18. The lowest BCUT2D eigenvalue weighted by molar-refractivity contribution is 0.0951. The molecule has 0 saturated heterocycles. The topological polar surface area (TPSA) is 42.0 Å². The highest BCUT2D eigenvalue weighted by Crippen LogP contribution is 2.11. The third-order valence-electron chi connectivity index (χ3n) is 2.26. The maximum Gasteiger partial charge on any atom is 0.251 e. The number of benzene rings is 1. The largest absolute Gasteiger partial charge is 0.348 e. The number of pyridine rings is 1. The smallest absolute Gasteiger partial charge is 0.251 e. The standard InChI is InChI=1S/C13H11BrN2O/c14-12-5-1-4-11(7-12)13(17)16-9-10-3-2-6-15-8-10/h1-8H,9H2,(H,16,17). The Hall–Kier alpha value is -1.68. The van der Waals surface area contributed by atoms with Gasteiger partial charge in [0.15, 0.2) is 0 Å². The van der Waals surface area contributed by atoms with E-state index in [1.807, 2.05) is 24.3 Å². The van der Waals surface area contributed by atoms with E-state index in [-0.39, 0.29) is 5.91 Å². The van der Waals surface area contributed by atoms with E-state index in [2.05, 4.69) is 26.2 Å². The fourth-order valence-corrected chi connectivity index (χ4v) is 1.82. The lowest BCUT2D eigenvalue weighted by Crippen LogP contribution is -2.22. The van der Waals surface area contributed by atoms with E-state index in [9.17, 15) is 4.79 Å². The van der Waals surface area contributed by atoms with Crippen molar-refractivity contribution >= 4 is 21.8 Å². The molecule has 4 heteroatoms. The lowest BCUT2D eigenvalue weighted by atomic mass is 10.2. The summed E-state index contributed by atoms with van der Waals surface area (Å²) in [4.78, 5) is 15.8. The predicted octanol–water partition coefficient (Wildman–Crippen LogP) is 2.77. The van der Waals surface area contributed by atoms with Crippen LogP contribution in [0.4, 0.5) is 0 Å². The van der Waals surface area contributed by atoms with Crippen molar-refractivity contribution in [2.24, 2.45) is 0 Å². The van der Waals surface area contributed by atoms with E-state index in [1.165, 1.54) is 0 Å². The van der Waals surface area contributed by atoms with Gasteiger partial charge in [-0.05, 0) is 29.8 Å². The molecule has 0 aliphatic carbocycles. The van der Waals surface area contributed by atoms with Crippen LogP contribution in [0.3, 0.4) is 0 Å². The SMILES string of the molecule is O=C(NCc1cccnc1)c1cccc(Br)c1. The molecule has 0 aliphatic rings. The molecule has 0 spiro atoms. The first-order valence-corrected chi connectivity index (χ1v) is 5.97. The molecule has 0 fully saturated rings. The number of halogens is 1. The molecule has 1 aromatic carbocycles. The van der Waals surface area contributed by atoms with E-state index in [0.717, 1.165) is 10.0 Å². The van der Waals surface area contributed by atoms with Crippen molar-refractivity contribution in [2.45, 2.75) is 6.54 Å². The van der Waals surface area contributed by atoms with E-state index in [0.29, 0.717) is 12.1 Å². The lowest BCUT2D eigenvalue weighted by Gasteiger charge is -2.05. The van der Waals surface area contributed by atoms with Gasteiger partial charge in [0.2, 0.25) is 0 Å². The molecule has 0 atom stereocenters. The van der Waals surface area contributed by atoms with Crippen molar-refractivity contribution in [2.75, 3.05) is 0 Å². The summed E-state index contributed by atoms with van der Waals surface area (Å²) >= 11 is 3.34. The zero-order valence-corrected chi connectivity index (χ0v) is 10.6. The molecule has 86 valence electrons. The normalized spacial score (nSPS) is 9.94. The molecule has 1 aromatic heterocycles.